The van der Waals surface area contributed by atoms with Crippen molar-refractivity contribution in [3.8, 4) is 0 Å². The van der Waals surface area contributed by atoms with Gasteiger partial charge in [-0.1, -0.05) is 56.6 Å². The first-order valence-corrected chi connectivity index (χ1v) is 15.7. The van der Waals surface area contributed by atoms with E-state index in [1.165, 1.54) is 11.6 Å². The first-order valence-electron chi connectivity index (χ1n) is 12.4. The number of halogens is 2. The van der Waals surface area contributed by atoms with Crippen LogP contribution in [0.2, 0.25) is 23.2 Å². The average Bonchev–Trinajstić information content (AvgIpc) is 2.74. The predicted octanol–water partition coefficient (Wildman–Crippen LogP) is 6.48. The van der Waals surface area contributed by atoms with E-state index in [1.54, 1.807) is 19.1 Å². The van der Waals surface area contributed by atoms with Gasteiger partial charge in [0, 0.05) is 10.6 Å². The van der Waals surface area contributed by atoms with Crippen molar-refractivity contribution in [2.24, 2.45) is 0 Å². The van der Waals surface area contributed by atoms with Gasteiger partial charge in [0.1, 0.15) is 5.82 Å². The molecule has 1 aliphatic heterocycles. The second kappa shape index (κ2) is 10.7. The number of carbonyl (C=O) groups is 1. The molecular weight excluding hydrogens is 481 g/mol. The van der Waals surface area contributed by atoms with Crippen molar-refractivity contribution in [1.82, 2.24) is 4.90 Å². The highest BCUT2D eigenvalue weighted by atomic mass is 35.5. The van der Waals surface area contributed by atoms with Gasteiger partial charge in [-0.05, 0) is 73.6 Å². The molecule has 1 aliphatic rings. The Balaban J connectivity index is 1.99. The molecule has 3 atom stereocenters. The zero-order chi connectivity index (χ0) is 26.1. The number of hydrogen-bond donors (Lipinski definition) is 1. The molecule has 0 radical (unpaired) electrons. The van der Waals surface area contributed by atoms with Crippen LogP contribution >= 0.6 is 11.6 Å². The summed E-state index contributed by atoms with van der Waals surface area (Å²) in [6, 6.07) is 10.2. The number of rotatable bonds is 7. The van der Waals surface area contributed by atoms with E-state index < -0.39 is 20.2 Å². The van der Waals surface area contributed by atoms with Crippen LogP contribution in [0.3, 0.4) is 0 Å². The van der Waals surface area contributed by atoms with Crippen LogP contribution < -0.4 is 0 Å². The number of fused-ring (bicyclic) bond motifs is 1. The van der Waals surface area contributed by atoms with Gasteiger partial charge < -0.3 is 14.4 Å². The quantitative estimate of drug-likeness (QED) is 0.426. The number of aliphatic hydroxyl groups excluding tert-OH is 1. The number of hydrogen-bond acceptors (Lipinski definition) is 3. The maximum absolute atomic E-state index is 14.5. The molecule has 3 rings (SSSR count). The maximum atomic E-state index is 14.5. The van der Waals surface area contributed by atoms with Gasteiger partial charge in [-0.2, -0.15) is 0 Å². The molecule has 1 amide bonds. The Hall–Kier alpha value is -1.73. The molecule has 7 heteroatoms. The lowest BCUT2D eigenvalue weighted by molar-refractivity contribution is -0.137. The van der Waals surface area contributed by atoms with E-state index >= 15 is 0 Å². The van der Waals surface area contributed by atoms with Gasteiger partial charge in [0.05, 0.1) is 31.2 Å². The molecule has 2 aromatic carbocycles. The molecule has 0 aromatic heterocycles. The summed E-state index contributed by atoms with van der Waals surface area (Å²) < 4.78 is 21.1. The first kappa shape index (κ1) is 27.8. The van der Waals surface area contributed by atoms with E-state index in [0.29, 0.717) is 19.4 Å². The fourth-order valence-corrected chi connectivity index (χ4v) is 5.90. The van der Waals surface area contributed by atoms with Crippen LogP contribution in [0.1, 0.15) is 62.9 Å². The van der Waals surface area contributed by atoms with Crippen molar-refractivity contribution in [3.63, 3.8) is 0 Å². The number of carbonyl (C=O) groups excluding carboxylic acids is 1. The molecule has 0 fully saturated rings. The van der Waals surface area contributed by atoms with Crippen LogP contribution in [-0.4, -0.2) is 43.0 Å². The van der Waals surface area contributed by atoms with Crippen molar-refractivity contribution < 1.29 is 18.7 Å². The average molecular weight is 520 g/mol. The summed E-state index contributed by atoms with van der Waals surface area (Å²) in [5.41, 5.74) is 3.58. The van der Waals surface area contributed by atoms with Gasteiger partial charge in [0.2, 0.25) is 5.91 Å². The predicted molar refractivity (Wildman–Crippen MR) is 143 cm³/mol. The molecule has 0 bridgehead atoms. The normalized spacial score (nSPS) is 19.4. The Morgan fingerprint density at radius 3 is 2.51 bits per heavy atom. The van der Waals surface area contributed by atoms with Gasteiger partial charge in [-0.15, -0.1) is 0 Å². The second-order valence-corrected chi connectivity index (χ2v) is 16.5. The van der Waals surface area contributed by atoms with E-state index in [4.69, 9.17) is 16.0 Å². The number of benzene rings is 2. The van der Waals surface area contributed by atoms with Crippen molar-refractivity contribution in [1.29, 1.82) is 0 Å². The van der Waals surface area contributed by atoms with Crippen LogP contribution in [0.25, 0.3) is 0 Å². The van der Waals surface area contributed by atoms with Crippen molar-refractivity contribution >= 4 is 25.8 Å². The third kappa shape index (κ3) is 6.16. The van der Waals surface area contributed by atoms with E-state index in [1.807, 2.05) is 24.0 Å². The van der Waals surface area contributed by atoms with E-state index in [0.717, 1.165) is 11.1 Å². The third-order valence-corrected chi connectivity index (χ3v) is 12.5. The van der Waals surface area contributed by atoms with Crippen LogP contribution in [0.5, 0.6) is 0 Å². The Bertz CT molecular complexity index is 1050. The van der Waals surface area contributed by atoms with Crippen LogP contribution in [0.15, 0.2) is 36.4 Å². The standard InChI is InChI=1S/C28H39ClFNO3Si/c1-18(32)14-20-10-8-11-22-19(2)31(27(33)16-24-25(29)12-9-13-26(24)30)21(15-23(20)22)17-34-35(6,7)28(3,4)5/h8-13,18-19,21,32H,14-17H2,1-7H3/t18?,19-,21+/m0/s1. The summed E-state index contributed by atoms with van der Waals surface area (Å²) in [6.45, 7) is 15.2. The summed E-state index contributed by atoms with van der Waals surface area (Å²) in [4.78, 5) is 15.6. The molecule has 0 saturated carbocycles. The molecule has 35 heavy (non-hydrogen) atoms. The number of amides is 1. The van der Waals surface area contributed by atoms with Gasteiger partial charge in [0.25, 0.3) is 0 Å². The minimum Gasteiger partial charge on any atom is -0.415 e. The van der Waals surface area contributed by atoms with Crippen LogP contribution in [0, 0.1) is 5.82 Å². The minimum absolute atomic E-state index is 0.0399. The zero-order valence-electron chi connectivity index (χ0n) is 22.0. The first-order chi connectivity index (χ1) is 16.2. The molecule has 1 N–H and O–H groups in total. The Kier molecular flexibility index (Phi) is 8.52. The monoisotopic (exact) mass is 519 g/mol. The van der Waals surface area contributed by atoms with Crippen LogP contribution in [-0.2, 0) is 28.5 Å². The Morgan fingerprint density at radius 2 is 1.91 bits per heavy atom. The molecule has 0 aliphatic carbocycles. The minimum atomic E-state index is -2.06. The van der Waals surface area contributed by atoms with Crippen molar-refractivity contribution in [2.75, 3.05) is 6.61 Å². The second-order valence-electron chi connectivity index (χ2n) is 11.3. The zero-order valence-corrected chi connectivity index (χ0v) is 23.7. The lowest BCUT2D eigenvalue weighted by Crippen LogP contribution is -2.52. The molecular formula is C28H39ClFNO3Si. The topological polar surface area (TPSA) is 49.8 Å². The number of aliphatic hydroxyl groups is 1. The van der Waals surface area contributed by atoms with Crippen molar-refractivity contribution in [2.45, 2.75) is 90.2 Å². The summed E-state index contributed by atoms with van der Waals surface area (Å²) >= 11 is 6.25. The Morgan fingerprint density at radius 1 is 1.26 bits per heavy atom. The van der Waals surface area contributed by atoms with Gasteiger partial charge >= 0.3 is 0 Å². The fraction of sp³-hybridized carbons (Fsp3) is 0.536. The molecule has 192 valence electrons. The molecule has 2 aromatic rings. The largest absolute Gasteiger partial charge is 0.415 e. The Labute approximate surface area is 215 Å². The summed E-state index contributed by atoms with van der Waals surface area (Å²) in [5, 5.41) is 10.4. The van der Waals surface area contributed by atoms with E-state index in [-0.39, 0.29) is 40.0 Å². The maximum Gasteiger partial charge on any atom is 0.228 e. The highest BCUT2D eigenvalue weighted by Gasteiger charge is 2.41. The van der Waals surface area contributed by atoms with Crippen LogP contribution in [0.4, 0.5) is 4.39 Å². The SMILES string of the molecule is CC(O)Cc1cccc2c1C[C@H](CO[Si](C)(C)C(C)(C)C)N(C(=O)Cc1c(F)cccc1Cl)[C@H]2C. The summed E-state index contributed by atoms with van der Waals surface area (Å²) in [5.74, 6) is -0.635. The molecule has 4 nitrogen and oxygen atoms in total. The lowest BCUT2D eigenvalue weighted by Gasteiger charge is -2.45. The summed E-state index contributed by atoms with van der Waals surface area (Å²) in [6.07, 6.45) is 0.634. The van der Waals surface area contributed by atoms with Gasteiger partial charge in [-0.25, -0.2) is 4.39 Å². The highest BCUT2D eigenvalue weighted by Crippen LogP contribution is 2.39. The molecule has 0 spiro atoms. The molecule has 1 heterocycles. The molecule has 0 saturated heterocycles. The third-order valence-electron chi connectivity index (χ3n) is 7.65. The van der Waals surface area contributed by atoms with Crippen molar-refractivity contribution in [3.05, 3.63) is 69.5 Å². The summed E-state index contributed by atoms with van der Waals surface area (Å²) in [7, 11) is -2.06. The highest BCUT2D eigenvalue weighted by molar-refractivity contribution is 6.74. The van der Waals surface area contributed by atoms with Gasteiger partial charge in [-0.3, -0.25) is 4.79 Å². The molecule has 1 unspecified atom stereocenters. The smallest absolute Gasteiger partial charge is 0.228 e. The van der Waals surface area contributed by atoms with Gasteiger partial charge in [0.15, 0.2) is 8.32 Å². The number of nitrogens with zero attached hydrogens (tertiary/aromatic N) is 1. The van der Waals surface area contributed by atoms with E-state index in [2.05, 4.69) is 39.9 Å². The lowest BCUT2D eigenvalue weighted by atomic mass is 9.84. The van der Waals surface area contributed by atoms with E-state index in [9.17, 15) is 14.3 Å². The fourth-order valence-electron chi connectivity index (χ4n) is 4.63.